The second-order valence-electron chi connectivity index (χ2n) is 7.75. The van der Waals surface area contributed by atoms with Crippen molar-refractivity contribution < 1.29 is 29.1 Å². The number of carbonyl (C=O) groups is 3. The fourth-order valence-electron chi connectivity index (χ4n) is 3.40. The summed E-state index contributed by atoms with van der Waals surface area (Å²) in [4.78, 5) is 42.1. The monoisotopic (exact) mass is 444 g/mol. The van der Waals surface area contributed by atoms with Gasteiger partial charge >= 0.3 is 12.1 Å². The van der Waals surface area contributed by atoms with Gasteiger partial charge in [0, 0.05) is 26.1 Å². The third-order valence-corrected chi connectivity index (χ3v) is 5.14. The van der Waals surface area contributed by atoms with Gasteiger partial charge < -0.3 is 15.2 Å². The van der Waals surface area contributed by atoms with E-state index in [9.17, 15) is 19.5 Å². The number of carboxylic acids is 1. The molecule has 12 nitrogen and oxygen atoms in total. The molecule has 0 aliphatic carbocycles. The number of hydrogen-bond donors (Lipinski definition) is 7. The van der Waals surface area contributed by atoms with Crippen LogP contribution < -0.4 is 32.1 Å². The quantitative estimate of drug-likeness (QED) is 0.135. The van der Waals surface area contributed by atoms with Crippen molar-refractivity contribution in [1.29, 1.82) is 0 Å². The van der Waals surface area contributed by atoms with Crippen LogP contribution in [0.3, 0.4) is 0 Å². The van der Waals surface area contributed by atoms with Crippen molar-refractivity contribution in [1.82, 2.24) is 32.1 Å². The summed E-state index contributed by atoms with van der Waals surface area (Å²) in [6, 6.07) is 0. The normalized spacial score (nSPS) is 20.9. The average molecular weight is 445 g/mol. The molecule has 0 spiro atoms. The summed E-state index contributed by atoms with van der Waals surface area (Å²) in [5, 5.41) is 24.5. The Morgan fingerprint density at radius 1 is 1.13 bits per heavy atom. The highest BCUT2D eigenvalue weighted by atomic mass is 16.7. The van der Waals surface area contributed by atoms with Crippen LogP contribution in [-0.4, -0.2) is 73.9 Å². The van der Waals surface area contributed by atoms with E-state index in [0.29, 0.717) is 38.8 Å². The highest BCUT2D eigenvalue weighted by Gasteiger charge is 2.42. The highest BCUT2D eigenvalue weighted by Crippen LogP contribution is 2.15. The van der Waals surface area contributed by atoms with Crippen molar-refractivity contribution in [2.45, 2.75) is 69.9 Å². The number of hydrogen-bond acceptors (Lipinski definition) is 9. The maximum absolute atomic E-state index is 12.5. The topological polar surface area (TPSA) is 162 Å². The molecule has 2 fully saturated rings. The molecule has 2 atom stereocenters. The minimum atomic E-state index is -1.95. The van der Waals surface area contributed by atoms with E-state index in [0.717, 1.165) is 19.5 Å². The fourth-order valence-corrected chi connectivity index (χ4v) is 3.40. The van der Waals surface area contributed by atoms with E-state index in [-0.39, 0.29) is 31.8 Å². The van der Waals surface area contributed by atoms with Gasteiger partial charge in [0.15, 0.2) is 0 Å². The van der Waals surface area contributed by atoms with E-state index in [1.807, 2.05) is 6.92 Å². The lowest BCUT2D eigenvalue weighted by Crippen LogP contribution is -2.66. The van der Waals surface area contributed by atoms with Gasteiger partial charge in [0.05, 0.1) is 19.1 Å². The maximum atomic E-state index is 12.5. The molecule has 2 rings (SSSR count). The van der Waals surface area contributed by atoms with Gasteiger partial charge in [0.1, 0.15) is 6.29 Å². The first-order valence-electron chi connectivity index (χ1n) is 11.0. The molecule has 7 N–H and O–H groups in total. The Morgan fingerprint density at radius 3 is 2.55 bits per heavy atom. The van der Waals surface area contributed by atoms with Crippen molar-refractivity contribution in [3.05, 3.63) is 0 Å². The molecule has 0 aromatic rings. The highest BCUT2D eigenvalue weighted by molar-refractivity contribution is 5.89. The first-order chi connectivity index (χ1) is 14.9. The summed E-state index contributed by atoms with van der Waals surface area (Å²) >= 11 is 0. The van der Waals surface area contributed by atoms with E-state index in [4.69, 9.17) is 9.57 Å². The Bertz CT molecular complexity index is 582. The predicted octanol–water partition coefficient (Wildman–Crippen LogP) is -0.670. The molecule has 2 aliphatic heterocycles. The standard InChI is InChI=1S/C19H36N6O6/c1-2-3-12-30-18(29)25-19(16(27)28,24-15(26)13-14-6-9-23-31-14)7-4-5-8-20-17-21-10-11-22-17/h14,17,20-23H,2-13H2,1H3,(H,24,26)(H,25,29)(H,27,28). The van der Waals surface area contributed by atoms with Crippen LogP contribution in [-0.2, 0) is 19.2 Å². The molecule has 0 aromatic heterocycles. The van der Waals surface area contributed by atoms with Crippen LogP contribution in [0.25, 0.3) is 0 Å². The van der Waals surface area contributed by atoms with Gasteiger partial charge in [0.2, 0.25) is 11.6 Å². The molecule has 31 heavy (non-hydrogen) atoms. The second-order valence-corrected chi connectivity index (χ2v) is 7.75. The summed E-state index contributed by atoms with van der Waals surface area (Å²) in [5.74, 6) is -1.85. The van der Waals surface area contributed by atoms with Crippen LogP contribution in [0.5, 0.6) is 0 Å². The number of ether oxygens (including phenoxy) is 1. The van der Waals surface area contributed by atoms with Gasteiger partial charge in [-0.25, -0.2) is 15.1 Å². The number of unbranched alkanes of at least 4 members (excludes halogenated alkanes) is 2. The minimum Gasteiger partial charge on any atom is -0.478 e. The summed E-state index contributed by atoms with van der Waals surface area (Å²) in [6.07, 6.45) is 2.12. The Balaban J connectivity index is 1.92. The number of carbonyl (C=O) groups excluding carboxylic acids is 2. The van der Waals surface area contributed by atoms with E-state index >= 15 is 0 Å². The molecule has 12 heteroatoms. The Kier molecular flexibility index (Phi) is 10.9. The van der Waals surface area contributed by atoms with Crippen LogP contribution in [0.2, 0.25) is 0 Å². The van der Waals surface area contributed by atoms with Gasteiger partial charge in [-0.2, -0.15) is 0 Å². The molecule has 2 saturated heterocycles. The third-order valence-electron chi connectivity index (χ3n) is 5.14. The largest absolute Gasteiger partial charge is 0.478 e. The van der Waals surface area contributed by atoms with E-state index in [1.165, 1.54) is 0 Å². The first-order valence-corrected chi connectivity index (χ1v) is 11.0. The Morgan fingerprint density at radius 2 is 1.90 bits per heavy atom. The summed E-state index contributed by atoms with van der Waals surface area (Å²) < 4.78 is 5.07. The van der Waals surface area contributed by atoms with Crippen LogP contribution in [0.15, 0.2) is 0 Å². The van der Waals surface area contributed by atoms with Gasteiger partial charge in [0.25, 0.3) is 0 Å². The zero-order valence-electron chi connectivity index (χ0n) is 18.1. The first kappa shape index (κ1) is 25.3. The fraction of sp³-hybridized carbons (Fsp3) is 0.842. The average Bonchev–Trinajstić information content (AvgIpc) is 3.41. The van der Waals surface area contributed by atoms with Gasteiger partial charge in [-0.1, -0.05) is 13.3 Å². The van der Waals surface area contributed by atoms with Crippen molar-refractivity contribution >= 4 is 18.0 Å². The molecule has 2 aliphatic rings. The molecular formula is C19H36N6O6. The van der Waals surface area contributed by atoms with Crippen LogP contribution in [0.4, 0.5) is 4.79 Å². The molecule has 0 aromatic carbocycles. The van der Waals surface area contributed by atoms with Crippen molar-refractivity contribution in [3.63, 3.8) is 0 Å². The number of aliphatic carboxylic acids is 1. The summed E-state index contributed by atoms with van der Waals surface area (Å²) in [5.41, 5.74) is 0.744. The number of amides is 2. The third kappa shape index (κ3) is 8.95. The molecule has 178 valence electrons. The number of rotatable bonds is 14. The smallest absolute Gasteiger partial charge is 0.409 e. The van der Waals surface area contributed by atoms with E-state index < -0.39 is 23.6 Å². The second kappa shape index (κ2) is 13.4. The van der Waals surface area contributed by atoms with Crippen LogP contribution in [0, 0.1) is 0 Å². The summed E-state index contributed by atoms with van der Waals surface area (Å²) in [7, 11) is 0. The molecule has 0 bridgehead atoms. The number of hydroxylamine groups is 1. The van der Waals surface area contributed by atoms with Crippen molar-refractivity contribution in [2.24, 2.45) is 0 Å². The van der Waals surface area contributed by atoms with E-state index in [2.05, 4.69) is 32.1 Å². The van der Waals surface area contributed by atoms with E-state index in [1.54, 1.807) is 0 Å². The lowest BCUT2D eigenvalue weighted by atomic mass is 10.0. The molecule has 2 heterocycles. The number of alkyl carbamates (subject to hydrolysis) is 1. The van der Waals surface area contributed by atoms with Crippen LogP contribution in [0.1, 0.15) is 51.9 Å². The lowest BCUT2D eigenvalue weighted by Gasteiger charge is -2.31. The minimum absolute atomic E-state index is 0.00479. The summed E-state index contributed by atoms with van der Waals surface area (Å²) in [6.45, 7) is 5.18. The number of nitrogens with one attached hydrogen (secondary N) is 6. The SMILES string of the molecule is CCCCOC(=O)NC(CCCCNC1NCCN1)(NC(=O)CC1CCNO1)C(=O)O. The molecule has 0 saturated carbocycles. The number of carboxylic acid groups (broad SMARTS) is 1. The lowest BCUT2D eigenvalue weighted by molar-refractivity contribution is -0.150. The maximum Gasteiger partial charge on any atom is 0.409 e. The predicted molar refractivity (Wildman–Crippen MR) is 112 cm³/mol. The molecule has 0 radical (unpaired) electrons. The zero-order chi connectivity index (χ0) is 22.5. The van der Waals surface area contributed by atoms with Crippen molar-refractivity contribution in [2.75, 3.05) is 32.8 Å². The van der Waals surface area contributed by atoms with Crippen LogP contribution >= 0.6 is 0 Å². The van der Waals surface area contributed by atoms with Gasteiger partial charge in [-0.3, -0.25) is 30.9 Å². The van der Waals surface area contributed by atoms with Gasteiger partial charge in [-0.15, -0.1) is 0 Å². The van der Waals surface area contributed by atoms with Crippen molar-refractivity contribution in [3.8, 4) is 0 Å². The molecule has 2 amide bonds. The van der Waals surface area contributed by atoms with Gasteiger partial charge in [-0.05, 0) is 32.2 Å². The molecule has 2 unspecified atom stereocenters. The zero-order valence-corrected chi connectivity index (χ0v) is 18.1. The molecular weight excluding hydrogens is 408 g/mol. The Labute approximate surface area is 182 Å². The Hall–Kier alpha value is -1.99.